The third kappa shape index (κ3) is 1.94. The molecule has 21 heavy (non-hydrogen) atoms. The predicted octanol–water partition coefficient (Wildman–Crippen LogP) is 2.04. The van der Waals surface area contributed by atoms with E-state index in [9.17, 15) is 4.79 Å². The highest BCUT2D eigenvalue weighted by atomic mass is 16.2. The third-order valence-corrected chi connectivity index (χ3v) is 4.42. The van der Waals surface area contributed by atoms with Crippen LogP contribution in [0.15, 0.2) is 30.6 Å². The Balaban J connectivity index is 1.84. The molecule has 4 heteroatoms. The standard InChI is InChI=1S/C17H17N3O/c18-8-11-5-15(10-19-9-11)14-6-12-1-2-16(21)20-4-3-13(7-14)17(12)20/h5-7,9-10H,1-4,8,18H2. The molecule has 0 atom stereocenters. The van der Waals surface area contributed by atoms with Gasteiger partial charge in [-0.05, 0) is 53.3 Å². The Morgan fingerprint density at radius 1 is 1.05 bits per heavy atom. The highest BCUT2D eigenvalue weighted by Gasteiger charge is 2.31. The third-order valence-electron chi connectivity index (χ3n) is 4.42. The molecule has 1 aromatic carbocycles. The summed E-state index contributed by atoms with van der Waals surface area (Å²) in [6, 6.07) is 6.51. The molecule has 0 aliphatic carbocycles. The van der Waals surface area contributed by atoms with Gasteiger partial charge in [0, 0.05) is 37.5 Å². The summed E-state index contributed by atoms with van der Waals surface area (Å²) in [4.78, 5) is 18.2. The Morgan fingerprint density at radius 2 is 1.86 bits per heavy atom. The molecule has 1 aromatic heterocycles. The summed E-state index contributed by atoms with van der Waals surface area (Å²) >= 11 is 0. The van der Waals surface area contributed by atoms with Crippen molar-refractivity contribution in [1.82, 2.24) is 4.98 Å². The van der Waals surface area contributed by atoms with Crippen LogP contribution >= 0.6 is 0 Å². The Bertz CT molecular complexity index is 739. The topological polar surface area (TPSA) is 59.2 Å². The molecule has 2 aliphatic rings. The maximum Gasteiger partial charge on any atom is 0.227 e. The van der Waals surface area contributed by atoms with E-state index in [4.69, 9.17) is 5.73 Å². The first kappa shape index (κ1) is 12.5. The number of carbonyl (C=O) groups excluding carboxylic acids is 1. The first-order valence-electron chi connectivity index (χ1n) is 7.37. The lowest BCUT2D eigenvalue weighted by atomic mass is 9.94. The minimum atomic E-state index is 0.265. The molecular weight excluding hydrogens is 262 g/mol. The maximum absolute atomic E-state index is 12.0. The molecule has 1 amide bonds. The number of benzene rings is 1. The van der Waals surface area contributed by atoms with E-state index in [1.165, 1.54) is 16.7 Å². The van der Waals surface area contributed by atoms with Gasteiger partial charge in [-0.3, -0.25) is 9.78 Å². The summed E-state index contributed by atoms with van der Waals surface area (Å²) in [5, 5.41) is 0. The fraction of sp³-hybridized carbons (Fsp3) is 0.294. The second-order valence-electron chi connectivity index (χ2n) is 5.72. The van der Waals surface area contributed by atoms with Crippen LogP contribution in [0, 0.1) is 0 Å². The van der Waals surface area contributed by atoms with Gasteiger partial charge in [0.1, 0.15) is 0 Å². The second kappa shape index (κ2) is 4.67. The van der Waals surface area contributed by atoms with Gasteiger partial charge < -0.3 is 10.6 Å². The Hall–Kier alpha value is -2.20. The van der Waals surface area contributed by atoms with Crippen molar-refractivity contribution < 1.29 is 4.79 Å². The van der Waals surface area contributed by atoms with E-state index in [1.807, 2.05) is 11.1 Å². The van der Waals surface area contributed by atoms with Crippen molar-refractivity contribution in [3.63, 3.8) is 0 Å². The molecule has 2 aromatic rings. The normalized spacial score (nSPS) is 16.2. The molecule has 4 rings (SSSR count). The predicted molar refractivity (Wildman–Crippen MR) is 81.9 cm³/mol. The first-order valence-corrected chi connectivity index (χ1v) is 7.37. The lowest BCUT2D eigenvalue weighted by Gasteiger charge is -2.25. The van der Waals surface area contributed by atoms with Crippen LogP contribution in [0.4, 0.5) is 5.69 Å². The van der Waals surface area contributed by atoms with Crippen molar-refractivity contribution in [2.45, 2.75) is 25.8 Å². The van der Waals surface area contributed by atoms with Crippen LogP contribution in [-0.4, -0.2) is 17.4 Å². The van der Waals surface area contributed by atoms with Crippen LogP contribution in [0.2, 0.25) is 0 Å². The average Bonchev–Trinajstić information content (AvgIpc) is 2.96. The van der Waals surface area contributed by atoms with Crippen LogP contribution in [0.5, 0.6) is 0 Å². The van der Waals surface area contributed by atoms with Crippen LogP contribution in [0.25, 0.3) is 11.1 Å². The average molecular weight is 279 g/mol. The second-order valence-corrected chi connectivity index (χ2v) is 5.72. The van der Waals surface area contributed by atoms with Crippen molar-refractivity contribution in [2.24, 2.45) is 5.73 Å². The molecule has 0 bridgehead atoms. The minimum Gasteiger partial charge on any atom is -0.326 e. The van der Waals surface area contributed by atoms with E-state index >= 15 is 0 Å². The molecule has 0 unspecified atom stereocenters. The highest BCUT2D eigenvalue weighted by Crippen LogP contribution is 2.39. The van der Waals surface area contributed by atoms with Gasteiger partial charge in [-0.25, -0.2) is 0 Å². The van der Waals surface area contributed by atoms with E-state index in [0.717, 1.165) is 36.2 Å². The number of carbonyl (C=O) groups is 1. The first-order chi connectivity index (χ1) is 10.3. The van der Waals surface area contributed by atoms with E-state index < -0.39 is 0 Å². The summed E-state index contributed by atoms with van der Waals surface area (Å²) in [6.07, 6.45) is 6.11. The fourth-order valence-electron chi connectivity index (χ4n) is 3.38. The summed E-state index contributed by atoms with van der Waals surface area (Å²) in [6.45, 7) is 1.33. The number of aromatic nitrogens is 1. The van der Waals surface area contributed by atoms with E-state index in [2.05, 4.69) is 23.2 Å². The molecule has 0 spiro atoms. The van der Waals surface area contributed by atoms with E-state index in [-0.39, 0.29) is 5.91 Å². The van der Waals surface area contributed by atoms with Crippen molar-refractivity contribution in [3.8, 4) is 11.1 Å². The SMILES string of the molecule is NCc1cncc(-c2cc3c4c(c2)CCN4C(=O)CC3)c1. The summed E-state index contributed by atoms with van der Waals surface area (Å²) in [5.41, 5.74) is 12.8. The number of rotatable bonds is 2. The van der Waals surface area contributed by atoms with Gasteiger partial charge in [0.25, 0.3) is 0 Å². The van der Waals surface area contributed by atoms with E-state index in [1.54, 1.807) is 6.20 Å². The van der Waals surface area contributed by atoms with Crippen molar-refractivity contribution in [1.29, 1.82) is 0 Å². The lowest BCUT2D eigenvalue weighted by Crippen LogP contribution is -2.32. The van der Waals surface area contributed by atoms with Crippen LogP contribution < -0.4 is 10.6 Å². The summed E-state index contributed by atoms with van der Waals surface area (Å²) in [5.74, 6) is 0.265. The molecule has 0 radical (unpaired) electrons. The number of anilines is 1. The number of aryl methyl sites for hydroxylation is 1. The molecule has 2 N–H and O–H groups in total. The molecule has 0 fully saturated rings. The number of nitrogens with two attached hydrogens (primary N) is 1. The Morgan fingerprint density at radius 3 is 2.67 bits per heavy atom. The van der Waals surface area contributed by atoms with Crippen LogP contribution in [0.1, 0.15) is 23.1 Å². The molecule has 0 saturated carbocycles. The highest BCUT2D eigenvalue weighted by molar-refractivity contribution is 5.99. The van der Waals surface area contributed by atoms with Crippen LogP contribution in [-0.2, 0) is 24.2 Å². The fourth-order valence-corrected chi connectivity index (χ4v) is 3.38. The Labute approximate surface area is 123 Å². The lowest BCUT2D eigenvalue weighted by molar-refractivity contribution is -0.118. The molecule has 0 saturated heterocycles. The van der Waals surface area contributed by atoms with Gasteiger partial charge in [-0.15, -0.1) is 0 Å². The minimum absolute atomic E-state index is 0.265. The Kier molecular flexibility index (Phi) is 2.79. The molecule has 4 nitrogen and oxygen atoms in total. The number of amides is 1. The molecule has 106 valence electrons. The van der Waals surface area contributed by atoms with Crippen molar-refractivity contribution >= 4 is 11.6 Å². The van der Waals surface area contributed by atoms with Crippen molar-refractivity contribution in [3.05, 3.63) is 47.3 Å². The van der Waals surface area contributed by atoms with Gasteiger partial charge in [-0.2, -0.15) is 0 Å². The number of hydrogen-bond donors (Lipinski definition) is 1. The largest absolute Gasteiger partial charge is 0.326 e. The summed E-state index contributed by atoms with van der Waals surface area (Å²) in [7, 11) is 0. The van der Waals surface area contributed by atoms with Gasteiger partial charge in [-0.1, -0.05) is 0 Å². The van der Waals surface area contributed by atoms with Crippen LogP contribution in [0.3, 0.4) is 0 Å². The smallest absolute Gasteiger partial charge is 0.227 e. The zero-order valence-electron chi connectivity index (χ0n) is 11.8. The zero-order valence-corrected chi connectivity index (χ0v) is 11.8. The van der Waals surface area contributed by atoms with Gasteiger partial charge >= 0.3 is 0 Å². The van der Waals surface area contributed by atoms with Gasteiger partial charge in [0.2, 0.25) is 5.91 Å². The van der Waals surface area contributed by atoms with Gasteiger partial charge in [0.05, 0.1) is 5.69 Å². The zero-order chi connectivity index (χ0) is 14.4. The molecule has 3 heterocycles. The molecule has 2 aliphatic heterocycles. The molecular formula is C17H17N3O. The van der Waals surface area contributed by atoms with Crippen molar-refractivity contribution in [2.75, 3.05) is 11.4 Å². The quantitative estimate of drug-likeness (QED) is 0.915. The van der Waals surface area contributed by atoms with E-state index in [0.29, 0.717) is 13.0 Å². The van der Waals surface area contributed by atoms with Gasteiger partial charge in [0.15, 0.2) is 0 Å². The number of pyridine rings is 1. The number of nitrogens with zero attached hydrogens (tertiary/aromatic N) is 2. The summed E-state index contributed by atoms with van der Waals surface area (Å²) < 4.78 is 0. The maximum atomic E-state index is 12.0. The number of hydrogen-bond acceptors (Lipinski definition) is 3. The monoisotopic (exact) mass is 279 g/mol.